The zero-order valence-corrected chi connectivity index (χ0v) is 12.4. The molecule has 1 N–H and O–H groups in total. The molecule has 2 aromatic carbocycles. The number of hydrogen-bond acceptors (Lipinski definition) is 2. The van der Waals surface area contributed by atoms with E-state index in [-0.39, 0.29) is 5.97 Å². The zero-order valence-electron chi connectivity index (χ0n) is 12.4. The predicted molar refractivity (Wildman–Crippen MR) is 88.5 cm³/mol. The molecule has 0 unspecified atom stereocenters. The smallest absolute Gasteiger partial charge is 0.331 e. The van der Waals surface area contributed by atoms with Gasteiger partial charge >= 0.3 is 5.97 Å². The van der Waals surface area contributed by atoms with Crippen molar-refractivity contribution in [3.63, 3.8) is 0 Å². The first-order valence-electron chi connectivity index (χ1n) is 7.30. The van der Waals surface area contributed by atoms with Crippen molar-refractivity contribution >= 4 is 22.4 Å². The average molecular weight is 291 g/mol. The molecule has 3 rings (SSSR count). The van der Waals surface area contributed by atoms with Crippen molar-refractivity contribution < 1.29 is 9.53 Å². The van der Waals surface area contributed by atoms with Gasteiger partial charge in [0.05, 0.1) is 12.1 Å². The fourth-order valence-electron chi connectivity index (χ4n) is 2.55. The van der Waals surface area contributed by atoms with Crippen molar-refractivity contribution in [2.45, 2.75) is 6.92 Å². The van der Waals surface area contributed by atoms with E-state index < -0.39 is 0 Å². The summed E-state index contributed by atoms with van der Waals surface area (Å²) in [7, 11) is 0. The van der Waals surface area contributed by atoms with Crippen LogP contribution >= 0.6 is 0 Å². The van der Waals surface area contributed by atoms with Gasteiger partial charge in [-0.25, -0.2) is 4.79 Å². The van der Waals surface area contributed by atoms with E-state index in [0.29, 0.717) is 6.61 Å². The molecule has 0 saturated carbocycles. The number of aromatic amines is 1. The van der Waals surface area contributed by atoms with Crippen LogP contribution in [-0.4, -0.2) is 17.6 Å². The van der Waals surface area contributed by atoms with Crippen molar-refractivity contribution in [2.75, 3.05) is 6.61 Å². The first-order valence-corrected chi connectivity index (χ1v) is 7.30. The van der Waals surface area contributed by atoms with Crippen LogP contribution in [0.2, 0.25) is 0 Å². The third-order valence-corrected chi connectivity index (χ3v) is 3.51. The normalized spacial score (nSPS) is 11.6. The van der Waals surface area contributed by atoms with Crippen LogP contribution < -0.4 is 0 Å². The Balaban J connectivity index is 2.17. The molecule has 1 heterocycles. The van der Waals surface area contributed by atoms with E-state index in [1.165, 1.54) is 0 Å². The van der Waals surface area contributed by atoms with Crippen LogP contribution in [0.5, 0.6) is 0 Å². The summed E-state index contributed by atoms with van der Waals surface area (Å²) in [5.74, 6) is -0.329. The van der Waals surface area contributed by atoms with E-state index in [9.17, 15) is 4.79 Å². The second kappa shape index (κ2) is 6.31. The van der Waals surface area contributed by atoms with Gasteiger partial charge in [-0.05, 0) is 29.5 Å². The molecule has 3 aromatic rings. The average Bonchev–Trinajstić information content (AvgIpc) is 3.02. The Labute approximate surface area is 129 Å². The van der Waals surface area contributed by atoms with Gasteiger partial charge in [-0.2, -0.15) is 0 Å². The van der Waals surface area contributed by atoms with E-state index in [0.717, 1.165) is 27.6 Å². The lowest BCUT2D eigenvalue weighted by Crippen LogP contribution is -2.02. The molecule has 110 valence electrons. The third kappa shape index (κ3) is 2.79. The highest BCUT2D eigenvalue weighted by Gasteiger charge is 2.12. The number of para-hydroxylation sites is 1. The summed E-state index contributed by atoms with van der Waals surface area (Å²) < 4.78 is 5.08. The van der Waals surface area contributed by atoms with Gasteiger partial charge < -0.3 is 9.72 Å². The number of ether oxygens (including phenoxy) is 1. The number of rotatable bonds is 4. The monoisotopic (exact) mass is 291 g/mol. The molecule has 0 bridgehead atoms. The molecule has 0 spiro atoms. The van der Waals surface area contributed by atoms with Gasteiger partial charge in [0.15, 0.2) is 0 Å². The number of benzene rings is 2. The highest BCUT2D eigenvalue weighted by atomic mass is 16.5. The fourth-order valence-corrected chi connectivity index (χ4v) is 2.55. The molecule has 22 heavy (non-hydrogen) atoms. The number of carbonyl (C=O) groups excluding carboxylic acids is 1. The van der Waals surface area contributed by atoms with Crippen molar-refractivity contribution in [3.8, 4) is 0 Å². The molecule has 3 nitrogen and oxygen atoms in total. The number of nitrogens with one attached hydrogen (secondary N) is 1. The number of H-pyrrole nitrogens is 1. The van der Waals surface area contributed by atoms with Gasteiger partial charge in [-0.15, -0.1) is 0 Å². The Morgan fingerprint density at radius 1 is 1.09 bits per heavy atom. The zero-order chi connectivity index (χ0) is 15.4. The number of hydrogen-bond donors (Lipinski definition) is 1. The van der Waals surface area contributed by atoms with Crippen LogP contribution in [0.3, 0.4) is 0 Å². The van der Waals surface area contributed by atoms with Crippen LogP contribution in [0.1, 0.15) is 18.1 Å². The number of fused-ring (bicyclic) bond motifs is 1. The summed E-state index contributed by atoms with van der Waals surface area (Å²) in [6.45, 7) is 2.17. The highest BCUT2D eigenvalue weighted by molar-refractivity contribution is 6.02. The lowest BCUT2D eigenvalue weighted by molar-refractivity contribution is -0.137. The Hall–Kier alpha value is -2.81. The maximum absolute atomic E-state index is 12.0. The third-order valence-electron chi connectivity index (χ3n) is 3.51. The number of esters is 1. The largest absolute Gasteiger partial charge is 0.463 e. The minimum atomic E-state index is -0.329. The fraction of sp³-hybridized carbons (Fsp3) is 0.105. The van der Waals surface area contributed by atoms with E-state index in [1.807, 2.05) is 60.8 Å². The molecule has 0 saturated heterocycles. The van der Waals surface area contributed by atoms with Gasteiger partial charge in [0.2, 0.25) is 0 Å². The summed E-state index contributed by atoms with van der Waals surface area (Å²) in [5.41, 5.74) is 3.84. The van der Waals surface area contributed by atoms with Crippen molar-refractivity contribution in [2.24, 2.45) is 0 Å². The molecule has 1 aromatic heterocycles. The van der Waals surface area contributed by atoms with Gasteiger partial charge in [-0.1, -0.05) is 48.5 Å². The Bertz CT molecular complexity index is 816. The summed E-state index contributed by atoms with van der Waals surface area (Å²) in [5, 5.41) is 1.11. The molecule has 0 aliphatic rings. The molecule has 3 heteroatoms. The number of aromatic nitrogens is 1. The van der Waals surface area contributed by atoms with Gasteiger partial charge in [0.25, 0.3) is 0 Å². The maximum Gasteiger partial charge on any atom is 0.331 e. The minimum absolute atomic E-state index is 0.329. The highest BCUT2D eigenvalue weighted by Crippen LogP contribution is 2.29. The van der Waals surface area contributed by atoms with Gasteiger partial charge in [-0.3, -0.25) is 0 Å². The SMILES string of the molecule is CCOC(=O)/C=C(/c1ccccc1)c1cccc2cc[nH]c12. The molecule has 0 amide bonds. The van der Waals surface area contributed by atoms with Crippen molar-refractivity contribution in [1.82, 2.24) is 4.98 Å². The van der Waals surface area contributed by atoms with Gasteiger partial charge in [0, 0.05) is 17.8 Å². The molecular weight excluding hydrogens is 274 g/mol. The molecule has 0 aliphatic heterocycles. The quantitative estimate of drug-likeness (QED) is 0.579. The van der Waals surface area contributed by atoms with Gasteiger partial charge in [0.1, 0.15) is 0 Å². The Morgan fingerprint density at radius 2 is 1.91 bits per heavy atom. The summed E-state index contributed by atoms with van der Waals surface area (Å²) in [6.07, 6.45) is 3.47. The second-order valence-corrected chi connectivity index (χ2v) is 4.92. The molecule has 0 radical (unpaired) electrons. The topological polar surface area (TPSA) is 42.1 Å². The van der Waals surface area contributed by atoms with E-state index in [2.05, 4.69) is 4.98 Å². The summed E-state index contributed by atoms with van der Waals surface area (Å²) >= 11 is 0. The van der Waals surface area contributed by atoms with Crippen LogP contribution in [0.25, 0.3) is 16.5 Å². The van der Waals surface area contributed by atoms with Crippen LogP contribution in [-0.2, 0) is 9.53 Å². The Morgan fingerprint density at radius 3 is 2.68 bits per heavy atom. The van der Waals surface area contributed by atoms with E-state index in [1.54, 1.807) is 13.0 Å². The van der Waals surface area contributed by atoms with Crippen LogP contribution in [0.15, 0.2) is 66.9 Å². The lowest BCUT2D eigenvalue weighted by Gasteiger charge is -2.10. The first-order chi connectivity index (χ1) is 10.8. The molecule has 0 aliphatic carbocycles. The van der Waals surface area contributed by atoms with Crippen LogP contribution in [0, 0.1) is 0 Å². The molecule has 0 fully saturated rings. The lowest BCUT2D eigenvalue weighted by atomic mass is 9.96. The Kier molecular flexibility index (Phi) is 4.05. The van der Waals surface area contributed by atoms with E-state index >= 15 is 0 Å². The van der Waals surface area contributed by atoms with Crippen molar-refractivity contribution in [3.05, 3.63) is 78.0 Å². The summed E-state index contributed by atoms with van der Waals surface area (Å²) in [4.78, 5) is 15.2. The maximum atomic E-state index is 12.0. The van der Waals surface area contributed by atoms with Crippen LogP contribution in [0.4, 0.5) is 0 Å². The van der Waals surface area contributed by atoms with E-state index in [4.69, 9.17) is 4.74 Å². The van der Waals surface area contributed by atoms with Crippen molar-refractivity contribution in [1.29, 1.82) is 0 Å². The number of carbonyl (C=O) groups is 1. The molecular formula is C19H17NO2. The standard InChI is InChI=1S/C19H17NO2/c1-2-22-18(21)13-17(14-7-4-3-5-8-14)16-10-6-9-15-11-12-20-19(15)16/h3-13,20H,2H2,1H3/b17-13-. The second-order valence-electron chi connectivity index (χ2n) is 4.92. The summed E-state index contributed by atoms with van der Waals surface area (Å²) in [6, 6.07) is 17.9. The molecule has 0 atom stereocenters. The minimum Gasteiger partial charge on any atom is -0.463 e. The first kappa shape index (κ1) is 14.1. The predicted octanol–water partition coefficient (Wildman–Crippen LogP) is 4.16.